The lowest BCUT2D eigenvalue weighted by atomic mass is 10.3. The minimum Gasteiger partial charge on any atom is -0.491 e. The van der Waals surface area contributed by atoms with Gasteiger partial charge in [-0.1, -0.05) is 11.8 Å². The molecule has 0 aliphatic rings. The van der Waals surface area contributed by atoms with E-state index in [0.717, 1.165) is 35.0 Å². The van der Waals surface area contributed by atoms with Crippen molar-refractivity contribution in [1.82, 2.24) is 0 Å². The van der Waals surface area contributed by atoms with E-state index < -0.39 is 0 Å². The molecule has 0 aliphatic carbocycles. The molecule has 0 radical (unpaired) electrons. The Morgan fingerprint density at radius 3 is 1.11 bits per heavy atom. The summed E-state index contributed by atoms with van der Waals surface area (Å²) in [5.74, 6) is 1.55. The van der Waals surface area contributed by atoms with Crippen molar-refractivity contribution in [3.8, 4) is 11.5 Å². The van der Waals surface area contributed by atoms with Gasteiger partial charge in [0.2, 0.25) is 0 Å². The van der Waals surface area contributed by atoms with Gasteiger partial charge in [-0.2, -0.15) is 0 Å². The highest BCUT2D eigenvalue weighted by molar-refractivity contribution is 7.99. The fraction of sp³-hybridized carbons (Fsp3) is 0.143. The molecule has 4 rings (SSSR count). The summed E-state index contributed by atoms with van der Waals surface area (Å²) in [5, 5.41) is 17.7. The second-order valence-electron chi connectivity index (χ2n) is 7.45. The van der Waals surface area contributed by atoms with Crippen LogP contribution in [0, 0.1) is 0 Å². The summed E-state index contributed by atoms with van der Waals surface area (Å²) in [6, 6.07) is 33.3. The van der Waals surface area contributed by atoms with Crippen LogP contribution in [-0.2, 0) is 23.5 Å². The van der Waals surface area contributed by atoms with Crippen LogP contribution in [0.1, 0.15) is 0 Å². The number of rotatable bonds is 12. The van der Waals surface area contributed by atoms with E-state index in [4.69, 9.17) is 19.7 Å². The summed E-state index contributed by atoms with van der Waals surface area (Å²) in [4.78, 5) is 7.29. The summed E-state index contributed by atoms with van der Waals surface area (Å²) < 4.78 is 10.8. The van der Waals surface area contributed by atoms with Crippen molar-refractivity contribution in [2.75, 3.05) is 26.4 Å². The number of hydrogen-bond donors (Lipinski definition) is 2. The molecule has 35 heavy (non-hydrogen) atoms. The van der Waals surface area contributed by atoms with Crippen molar-refractivity contribution in [1.29, 1.82) is 0 Å². The van der Waals surface area contributed by atoms with E-state index in [0.29, 0.717) is 13.2 Å². The number of thiol groups is 2. The van der Waals surface area contributed by atoms with E-state index in [1.54, 1.807) is 11.8 Å². The normalized spacial score (nSPS) is 10.8. The number of benzene rings is 4. The van der Waals surface area contributed by atoms with Crippen molar-refractivity contribution in [3.63, 3.8) is 0 Å². The molecule has 2 N–H and O–H groups in total. The molecule has 4 nitrogen and oxygen atoms in total. The molecule has 0 unspecified atom stereocenters. The van der Waals surface area contributed by atoms with Crippen LogP contribution in [0.4, 0.5) is 0 Å². The molecular weight excluding hydrogens is 497 g/mol. The third-order valence-electron chi connectivity index (χ3n) is 4.82. The Balaban J connectivity index is 1.28. The maximum absolute atomic E-state index is 8.85. The lowest BCUT2D eigenvalue weighted by molar-refractivity contribution is 0.201. The SMILES string of the molecule is OCCOc1ccc([SH+]c2ccc(Sc3ccc([SH+]c4ccc(OCCO)cc4)cc3)cc2)cc1. The van der Waals surface area contributed by atoms with E-state index in [1.165, 1.54) is 29.4 Å². The smallest absolute Gasteiger partial charge is 0.158 e. The molecule has 0 atom stereocenters. The van der Waals surface area contributed by atoms with Crippen molar-refractivity contribution < 1.29 is 19.7 Å². The summed E-state index contributed by atoms with van der Waals surface area (Å²) >= 11 is 4.05. The first-order valence-electron chi connectivity index (χ1n) is 11.2. The van der Waals surface area contributed by atoms with Gasteiger partial charge in [0.25, 0.3) is 0 Å². The standard InChI is InChI=1S/C28H26O4S3/c29-17-19-31-21-1-5-23(6-2-21)33-25-9-13-27(14-10-25)35-28-15-11-26(12-16-28)34-24-7-3-22(4-8-24)32-20-18-30/h1-16,29-30H,17-20H2/p+2. The van der Waals surface area contributed by atoms with E-state index in [-0.39, 0.29) is 13.2 Å². The van der Waals surface area contributed by atoms with Crippen LogP contribution in [0.3, 0.4) is 0 Å². The molecule has 0 bridgehead atoms. The topological polar surface area (TPSA) is 58.9 Å². The Bertz CT molecular complexity index is 1070. The molecule has 4 aromatic rings. The summed E-state index contributed by atoms with van der Waals surface area (Å²) in [5.41, 5.74) is 0. The molecule has 7 heteroatoms. The molecule has 0 fully saturated rings. The largest absolute Gasteiger partial charge is 0.491 e. The Kier molecular flexibility index (Phi) is 9.86. The first-order chi connectivity index (χ1) is 17.2. The second-order valence-corrected chi connectivity index (χ2v) is 11.1. The van der Waals surface area contributed by atoms with Gasteiger partial charge in [-0.25, -0.2) is 0 Å². The third kappa shape index (κ3) is 8.26. The molecule has 4 aromatic carbocycles. The molecule has 0 saturated carbocycles. The van der Waals surface area contributed by atoms with Crippen LogP contribution in [0.25, 0.3) is 0 Å². The van der Waals surface area contributed by atoms with E-state index in [2.05, 4.69) is 72.8 Å². The second kappa shape index (κ2) is 13.5. The third-order valence-corrected chi connectivity index (χ3v) is 8.06. The summed E-state index contributed by atoms with van der Waals surface area (Å²) in [6.45, 7) is 0.668. The quantitative estimate of drug-likeness (QED) is 0.201. The summed E-state index contributed by atoms with van der Waals surface area (Å²) in [7, 11) is 0. The van der Waals surface area contributed by atoms with Gasteiger partial charge in [-0.15, -0.1) is 0 Å². The monoisotopic (exact) mass is 524 g/mol. The average Bonchev–Trinajstić information content (AvgIpc) is 2.90. The predicted molar refractivity (Wildman–Crippen MR) is 146 cm³/mol. The van der Waals surface area contributed by atoms with Crippen LogP contribution < -0.4 is 9.47 Å². The predicted octanol–water partition coefficient (Wildman–Crippen LogP) is 5.05. The number of aliphatic hydroxyl groups is 2. The molecule has 180 valence electrons. The van der Waals surface area contributed by atoms with Gasteiger partial charge in [0.05, 0.1) is 13.2 Å². The zero-order valence-corrected chi connectivity index (χ0v) is 21.7. The maximum atomic E-state index is 8.85. The highest BCUT2D eigenvalue weighted by Crippen LogP contribution is 2.29. The zero-order chi connectivity index (χ0) is 24.3. The van der Waals surface area contributed by atoms with Crippen molar-refractivity contribution >= 4 is 35.3 Å². The Morgan fingerprint density at radius 2 is 0.800 bits per heavy atom. The summed E-state index contributed by atoms with van der Waals surface area (Å²) in [6.07, 6.45) is 0. The van der Waals surface area contributed by atoms with Crippen molar-refractivity contribution in [3.05, 3.63) is 97.1 Å². The van der Waals surface area contributed by atoms with Gasteiger partial charge in [0.1, 0.15) is 24.7 Å². The molecule has 0 amide bonds. The van der Waals surface area contributed by atoms with Gasteiger partial charge < -0.3 is 19.7 Å². The number of hydrogen-bond acceptors (Lipinski definition) is 5. The van der Waals surface area contributed by atoms with E-state index in [9.17, 15) is 0 Å². The van der Waals surface area contributed by atoms with Crippen LogP contribution in [0.5, 0.6) is 11.5 Å². The molecular formula is C28H28O4S3+2. The van der Waals surface area contributed by atoms with Crippen LogP contribution in [-0.4, -0.2) is 36.6 Å². The highest BCUT2D eigenvalue weighted by atomic mass is 32.2. The van der Waals surface area contributed by atoms with Crippen molar-refractivity contribution in [2.24, 2.45) is 0 Å². The fourth-order valence-corrected chi connectivity index (χ4v) is 5.78. The van der Waals surface area contributed by atoms with Crippen molar-refractivity contribution in [2.45, 2.75) is 29.4 Å². The lowest BCUT2D eigenvalue weighted by Crippen LogP contribution is -2.01. The zero-order valence-electron chi connectivity index (χ0n) is 19.1. The highest BCUT2D eigenvalue weighted by Gasteiger charge is 2.10. The van der Waals surface area contributed by atoms with Gasteiger partial charge in [-0.3, -0.25) is 0 Å². The minimum atomic E-state index is 0.0199. The molecule has 0 saturated heterocycles. The van der Waals surface area contributed by atoms with Crippen LogP contribution in [0.2, 0.25) is 0 Å². The molecule has 0 aliphatic heterocycles. The van der Waals surface area contributed by atoms with Gasteiger partial charge >= 0.3 is 0 Å². The van der Waals surface area contributed by atoms with Gasteiger partial charge in [0.15, 0.2) is 19.6 Å². The maximum Gasteiger partial charge on any atom is 0.158 e. The molecule has 0 aromatic heterocycles. The van der Waals surface area contributed by atoms with E-state index >= 15 is 0 Å². The van der Waals surface area contributed by atoms with Gasteiger partial charge in [0, 0.05) is 33.3 Å². The number of ether oxygens (including phenoxy) is 2. The molecule has 0 spiro atoms. The minimum absolute atomic E-state index is 0.0199. The lowest BCUT2D eigenvalue weighted by Gasteiger charge is -2.04. The Hall–Kier alpha value is -2.55. The van der Waals surface area contributed by atoms with Crippen LogP contribution in [0.15, 0.2) is 126 Å². The van der Waals surface area contributed by atoms with E-state index in [1.807, 2.05) is 24.3 Å². The first kappa shape index (κ1) is 25.5. The Morgan fingerprint density at radius 1 is 0.486 bits per heavy atom. The fourth-order valence-electron chi connectivity index (χ4n) is 3.17. The van der Waals surface area contributed by atoms with Crippen LogP contribution >= 0.6 is 11.8 Å². The average molecular weight is 525 g/mol. The molecule has 0 heterocycles. The Labute approximate surface area is 218 Å². The van der Waals surface area contributed by atoms with Gasteiger partial charge in [-0.05, 0) is 97.1 Å². The number of aliphatic hydroxyl groups excluding tert-OH is 2. The first-order valence-corrected chi connectivity index (χ1v) is 13.8.